The molecule has 2 atom stereocenters. The van der Waals surface area contributed by atoms with Gasteiger partial charge in [0.15, 0.2) is 0 Å². The molecule has 1 aliphatic rings. The number of nitrogens with one attached hydrogen (secondary N) is 1. The monoisotopic (exact) mass is 340 g/mol. The molecule has 6 heteroatoms. The van der Waals surface area contributed by atoms with E-state index in [1.54, 1.807) is 18.2 Å². The molecule has 118 valence electrons. The number of hydrogen-bond acceptors (Lipinski definition) is 3. The summed E-state index contributed by atoms with van der Waals surface area (Å²) >= 11 is 11.8. The number of hydrogen-bond donors (Lipinski definition) is 1. The van der Waals surface area contributed by atoms with Gasteiger partial charge in [-0.25, -0.2) is 0 Å². The van der Waals surface area contributed by atoms with Crippen LogP contribution in [0.15, 0.2) is 29.3 Å². The lowest BCUT2D eigenvalue weighted by Gasteiger charge is -2.32. The van der Waals surface area contributed by atoms with E-state index >= 15 is 0 Å². The van der Waals surface area contributed by atoms with Crippen molar-refractivity contribution < 1.29 is 14.7 Å². The van der Waals surface area contributed by atoms with Crippen LogP contribution < -0.4 is 10.4 Å². The normalized spacial score (nSPS) is 21.6. The van der Waals surface area contributed by atoms with Gasteiger partial charge in [-0.15, -0.1) is 0 Å². The molecule has 1 aromatic rings. The number of benzene rings is 1. The standard InChI is InChI=1S/C16H17Cl2NO3/c1-8-3-13(14(16(21)22)4-9(8)2)15(20)19-12-6-10(17)5-11(18)7-12/h5-7,13-14H,3-4H2,1-2H3,(H,19,20)(H,21,22)/p-1/t13-,14-/m1/s1. The third kappa shape index (κ3) is 3.81. The van der Waals surface area contributed by atoms with E-state index in [-0.39, 0.29) is 5.91 Å². The number of carbonyl (C=O) groups is 2. The summed E-state index contributed by atoms with van der Waals surface area (Å²) < 4.78 is 0. The molecule has 0 aliphatic heterocycles. The van der Waals surface area contributed by atoms with Crippen molar-refractivity contribution in [3.63, 3.8) is 0 Å². The number of carboxylic acids is 1. The van der Waals surface area contributed by atoms with Crippen molar-refractivity contribution >= 4 is 40.8 Å². The van der Waals surface area contributed by atoms with E-state index in [2.05, 4.69) is 5.32 Å². The lowest BCUT2D eigenvalue weighted by molar-refractivity contribution is -0.313. The van der Waals surface area contributed by atoms with Crippen molar-refractivity contribution in [3.8, 4) is 0 Å². The minimum atomic E-state index is -1.20. The summed E-state index contributed by atoms with van der Waals surface area (Å²) in [6.07, 6.45) is 0.743. The Balaban J connectivity index is 2.21. The SMILES string of the molecule is CC1=C(C)C[C@@H](C(=O)Nc2cc(Cl)cc(Cl)c2)[C@H](C(=O)[O-])C1. The van der Waals surface area contributed by atoms with Gasteiger partial charge in [0.1, 0.15) is 0 Å². The number of allylic oxidation sites excluding steroid dienone is 2. The van der Waals surface area contributed by atoms with Crippen LogP contribution in [0.5, 0.6) is 0 Å². The third-order valence-corrected chi connectivity index (χ3v) is 4.47. The Morgan fingerprint density at radius 3 is 2.05 bits per heavy atom. The average Bonchev–Trinajstić information content (AvgIpc) is 2.39. The van der Waals surface area contributed by atoms with Crippen LogP contribution >= 0.6 is 23.2 Å². The quantitative estimate of drug-likeness (QED) is 0.859. The van der Waals surface area contributed by atoms with Gasteiger partial charge < -0.3 is 15.2 Å². The highest BCUT2D eigenvalue weighted by Gasteiger charge is 2.33. The van der Waals surface area contributed by atoms with E-state index in [0.717, 1.165) is 11.1 Å². The maximum atomic E-state index is 12.4. The van der Waals surface area contributed by atoms with Crippen LogP contribution in [0, 0.1) is 11.8 Å². The molecule has 0 spiro atoms. The van der Waals surface area contributed by atoms with Crippen LogP contribution in [0.3, 0.4) is 0 Å². The van der Waals surface area contributed by atoms with Crippen LogP contribution in [-0.4, -0.2) is 11.9 Å². The number of carboxylic acid groups (broad SMARTS) is 1. The average molecular weight is 341 g/mol. The second-order valence-corrected chi connectivity index (χ2v) is 6.52. The molecule has 22 heavy (non-hydrogen) atoms. The fourth-order valence-electron chi connectivity index (χ4n) is 2.68. The predicted molar refractivity (Wildman–Crippen MR) is 84.7 cm³/mol. The summed E-state index contributed by atoms with van der Waals surface area (Å²) in [7, 11) is 0. The minimum Gasteiger partial charge on any atom is -0.550 e. The zero-order chi connectivity index (χ0) is 16.4. The number of rotatable bonds is 3. The Kier molecular flexibility index (Phi) is 5.14. The van der Waals surface area contributed by atoms with E-state index in [1.165, 1.54) is 0 Å². The van der Waals surface area contributed by atoms with Crippen molar-refractivity contribution in [2.45, 2.75) is 26.7 Å². The van der Waals surface area contributed by atoms with Gasteiger partial charge in [0.05, 0.1) is 5.92 Å². The largest absolute Gasteiger partial charge is 0.550 e. The summed E-state index contributed by atoms with van der Waals surface area (Å²) in [4.78, 5) is 23.8. The molecule has 1 amide bonds. The summed E-state index contributed by atoms with van der Waals surface area (Å²) in [5, 5.41) is 14.8. The molecule has 1 aliphatic carbocycles. The lowest BCUT2D eigenvalue weighted by atomic mass is 9.76. The van der Waals surface area contributed by atoms with Crippen LogP contribution in [0.1, 0.15) is 26.7 Å². The predicted octanol–water partition coefficient (Wildman–Crippen LogP) is 3.04. The van der Waals surface area contributed by atoms with Gasteiger partial charge in [0, 0.05) is 27.6 Å². The first kappa shape index (κ1) is 16.8. The molecule has 0 radical (unpaired) electrons. The molecular weight excluding hydrogens is 325 g/mol. The molecule has 0 aromatic heterocycles. The van der Waals surface area contributed by atoms with Crippen molar-refractivity contribution in [1.82, 2.24) is 0 Å². The van der Waals surface area contributed by atoms with Crippen LogP contribution in [-0.2, 0) is 9.59 Å². The maximum Gasteiger partial charge on any atom is 0.228 e. The van der Waals surface area contributed by atoms with E-state index in [0.29, 0.717) is 28.6 Å². The molecule has 0 saturated heterocycles. The van der Waals surface area contributed by atoms with E-state index in [9.17, 15) is 14.7 Å². The van der Waals surface area contributed by atoms with Crippen LogP contribution in [0.25, 0.3) is 0 Å². The summed E-state index contributed by atoms with van der Waals surface area (Å²) in [6.45, 7) is 3.80. The van der Waals surface area contributed by atoms with Crippen molar-refractivity contribution in [3.05, 3.63) is 39.4 Å². The summed E-state index contributed by atoms with van der Waals surface area (Å²) in [6, 6.07) is 4.69. The smallest absolute Gasteiger partial charge is 0.228 e. The van der Waals surface area contributed by atoms with Gasteiger partial charge in [-0.05, 0) is 44.9 Å². The summed E-state index contributed by atoms with van der Waals surface area (Å²) in [5.74, 6) is -3.04. The first-order valence-electron chi connectivity index (χ1n) is 6.91. The molecule has 1 aromatic carbocycles. The Morgan fingerprint density at radius 2 is 1.55 bits per heavy atom. The van der Waals surface area contributed by atoms with Gasteiger partial charge in [-0.3, -0.25) is 4.79 Å². The molecule has 0 unspecified atom stereocenters. The first-order valence-corrected chi connectivity index (χ1v) is 7.66. The molecule has 1 N–H and O–H groups in total. The van der Waals surface area contributed by atoms with Crippen LogP contribution in [0.4, 0.5) is 5.69 Å². The summed E-state index contributed by atoms with van der Waals surface area (Å²) in [5.41, 5.74) is 2.49. The molecule has 0 fully saturated rings. The Hall–Kier alpha value is -1.52. The second-order valence-electron chi connectivity index (χ2n) is 5.65. The van der Waals surface area contributed by atoms with Gasteiger partial charge >= 0.3 is 0 Å². The Morgan fingerprint density at radius 1 is 1.05 bits per heavy atom. The molecule has 0 heterocycles. The molecular formula is C16H16Cl2NO3-. The number of halogens is 2. The second kappa shape index (κ2) is 6.71. The van der Waals surface area contributed by atoms with Gasteiger partial charge in [0.25, 0.3) is 0 Å². The number of anilines is 1. The highest BCUT2D eigenvalue weighted by atomic mass is 35.5. The molecule has 0 saturated carbocycles. The van der Waals surface area contributed by atoms with Crippen LogP contribution in [0.2, 0.25) is 10.0 Å². The number of amides is 1. The highest BCUT2D eigenvalue weighted by molar-refractivity contribution is 6.35. The minimum absolute atomic E-state index is 0.336. The number of carbonyl (C=O) groups excluding carboxylic acids is 2. The maximum absolute atomic E-state index is 12.4. The van der Waals surface area contributed by atoms with Crippen molar-refractivity contribution in [2.24, 2.45) is 11.8 Å². The van der Waals surface area contributed by atoms with Gasteiger partial charge in [0.2, 0.25) is 5.91 Å². The van der Waals surface area contributed by atoms with E-state index < -0.39 is 17.8 Å². The lowest BCUT2D eigenvalue weighted by Crippen LogP contribution is -2.42. The zero-order valence-electron chi connectivity index (χ0n) is 12.3. The molecule has 4 nitrogen and oxygen atoms in total. The highest BCUT2D eigenvalue weighted by Crippen LogP contribution is 2.35. The van der Waals surface area contributed by atoms with Crippen molar-refractivity contribution in [1.29, 1.82) is 0 Å². The topological polar surface area (TPSA) is 69.2 Å². The van der Waals surface area contributed by atoms with Gasteiger partial charge in [-0.2, -0.15) is 0 Å². The molecule has 2 rings (SSSR count). The van der Waals surface area contributed by atoms with Gasteiger partial charge in [-0.1, -0.05) is 34.3 Å². The fourth-order valence-corrected chi connectivity index (χ4v) is 3.20. The third-order valence-electron chi connectivity index (χ3n) is 4.04. The number of aliphatic carboxylic acids is 1. The first-order chi connectivity index (χ1) is 10.3. The Bertz CT molecular complexity index is 635. The zero-order valence-corrected chi connectivity index (χ0v) is 13.8. The van der Waals surface area contributed by atoms with Crippen molar-refractivity contribution in [2.75, 3.05) is 5.32 Å². The fraction of sp³-hybridized carbons (Fsp3) is 0.375. The Labute approximate surface area is 139 Å². The van der Waals surface area contributed by atoms with E-state index in [4.69, 9.17) is 23.2 Å². The molecule has 0 bridgehead atoms. The van der Waals surface area contributed by atoms with E-state index in [1.807, 2.05) is 13.8 Å².